The molecule has 17 rings (SSSR count). The monoisotopic (exact) mass is 880 g/mol. The first kappa shape index (κ1) is 37.2. The fourth-order valence-electron chi connectivity index (χ4n) is 13.8. The number of fused-ring (bicyclic) bond motifs is 18. The Hall–Kier alpha value is -8.85. The Kier molecular flexibility index (Phi) is 7.13. The van der Waals surface area contributed by atoms with E-state index in [9.17, 15) is 0 Å². The zero-order valence-corrected chi connectivity index (χ0v) is 38.0. The second-order valence-corrected chi connectivity index (χ2v) is 19.8. The topological polar surface area (TPSA) is 9.86 Å². The molecule has 318 valence electrons. The lowest BCUT2D eigenvalue weighted by Gasteiger charge is -2.31. The molecule has 0 spiro atoms. The molecule has 0 radical (unpaired) electrons. The van der Waals surface area contributed by atoms with Gasteiger partial charge in [-0.1, -0.05) is 205 Å². The van der Waals surface area contributed by atoms with Crippen LogP contribution in [-0.2, 0) is 0 Å². The summed E-state index contributed by atoms with van der Waals surface area (Å²) < 4.78 is 5.38. The van der Waals surface area contributed by atoms with Gasteiger partial charge in [0.05, 0.1) is 11.0 Å². The highest BCUT2D eigenvalue weighted by molar-refractivity contribution is 7.03. The van der Waals surface area contributed by atoms with Gasteiger partial charge in [0, 0.05) is 44.0 Å². The maximum atomic E-state index is 2.69. The van der Waals surface area contributed by atoms with Gasteiger partial charge in [0.1, 0.15) is 0 Å². The van der Waals surface area contributed by atoms with E-state index in [4.69, 9.17) is 0 Å². The standard InChI is InChI=1S/C66H38B2N2/c1-5-17-39(18-6-1)43-33-51(41-21-9-3-10-22-41)61-49-31-29-47-45-25-13-15-27-53(45)67-55-38-58-56(37-57(55)69(59(61)35-43)65(49)63(47)67)68-54-28-16-14-26-46(54)48-30-32-50-62-52(42-23-11-4-12-24-42)34-44(40-19-7-2-8-20-40)36-60(62)70(58)66(50)64(48)68/h1-38H. The summed E-state index contributed by atoms with van der Waals surface area (Å²) in [5, 5.41) is 5.24. The van der Waals surface area contributed by atoms with Crippen LogP contribution in [0.15, 0.2) is 231 Å². The minimum Gasteiger partial charge on any atom is -0.310 e. The van der Waals surface area contributed by atoms with E-state index in [-0.39, 0.29) is 13.4 Å². The Balaban J connectivity index is 1.05. The number of nitrogens with zero attached hydrogens (tertiary/aromatic N) is 2. The third kappa shape index (κ3) is 4.66. The van der Waals surface area contributed by atoms with Crippen LogP contribution in [0.1, 0.15) is 0 Å². The first-order chi connectivity index (χ1) is 34.8. The maximum Gasteiger partial charge on any atom is 0.248 e. The van der Waals surface area contributed by atoms with Crippen molar-refractivity contribution in [1.82, 2.24) is 9.13 Å². The van der Waals surface area contributed by atoms with Crippen molar-refractivity contribution in [3.63, 3.8) is 0 Å². The van der Waals surface area contributed by atoms with Gasteiger partial charge in [0.25, 0.3) is 0 Å². The van der Waals surface area contributed by atoms with Crippen LogP contribution in [0.25, 0.3) is 122 Å². The highest BCUT2D eigenvalue weighted by Gasteiger charge is 2.46. The first-order valence-corrected chi connectivity index (χ1v) is 24.7. The van der Waals surface area contributed by atoms with E-state index in [0.717, 1.165) is 0 Å². The molecule has 11 aromatic carbocycles. The largest absolute Gasteiger partial charge is 0.310 e. The molecule has 0 saturated carbocycles. The van der Waals surface area contributed by atoms with E-state index < -0.39 is 0 Å². The molecule has 6 heterocycles. The summed E-state index contributed by atoms with van der Waals surface area (Å²) in [7, 11) is 0. The summed E-state index contributed by atoms with van der Waals surface area (Å²) in [6.07, 6.45) is 0. The third-order valence-corrected chi connectivity index (χ3v) is 16.5. The van der Waals surface area contributed by atoms with Gasteiger partial charge < -0.3 is 9.13 Å². The highest BCUT2D eigenvalue weighted by atomic mass is 15.0. The van der Waals surface area contributed by atoms with E-state index in [0.29, 0.717) is 0 Å². The van der Waals surface area contributed by atoms with E-state index in [1.165, 1.54) is 155 Å². The molecule has 0 atom stereocenters. The molecular weight excluding hydrogens is 842 g/mol. The Bertz CT molecular complexity index is 4170. The minimum atomic E-state index is 0.0708. The predicted octanol–water partition coefficient (Wildman–Crippen LogP) is 12.2. The quantitative estimate of drug-likeness (QED) is 0.156. The molecule has 0 bridgehead atoms. The Morgan fingerprint density at radius 2 is 0.629 bits per heavy atom. The third-order valence-electron chi connectivity index (χ3n) is 16.5. The average Bonchev–Trinajstić information content (AvgIpc) is 4.16. The Morgan fingerprint density at radius 1 is 0.257 bits per heavy atom. The first-order valence-electron chi connectivity index (χ1n) is 24.7. The van der Waals surface area contributed by atoms with Crippen molar-refractivity contribution in [3.8, 4) is 78.1 Å². The van der Waals surface area contributed by atoms with Gasteiger partial charge in [0.2, 0.25) is 13.4 Å². The van der Waals surface area contributed by atoms with Crippen molar-refractivity contribution >= 4 is 89.8 Å². The highest BCUT2D eigenvalue weighted by Crippen LogP contribution is 2.47. The van der Waals surface area contributed by atoms with Gasteiger partial charge in [-0.25, -0.2) is 0 Å². The van der Waals surface area contributed by atoms with E-state index in [1.807, 2.05) is 0 Å². The van der Waals surface area contributed by atoms with Crippen LogP contribution in [0.3, 0.4) is 0 Å². The fourth-order valence-corrected chi connectivity index (χ4v) is 13.8. The van der Waals surface area contributed by atoms with Crippen molar-refractivity contribution in [1.29, 1.82) is 0 Å². The second-order valence-electron chi connectivity index (χ2n) is 19.8. The zero-order chi connectivity index (χ0) is 45.3. The van der Waals surface area contributed by atoms with Gasteiger partial charge in [0.15, 0.2) is 0 Å². The number of hydrogen-bond donors (Lipinski definition) is 0. The van der Waals surface area contributed by atoms with Crippen molar-refractivity contribution in [2.45, 2.75) is 0 Å². The van der Waals surface area contributed by atoms with Crippen LogP contribution in [0.2, 0.25) is 0 Å². The normalized spacial score (nSPS) is 13.1. The van der Waals surface area contributed by atoms with Crippen molar-refractivity contribution < 1.29 is 0 Å². The molecule has 4 aliphatic rings. The zero-order valence-electron chi connectivity index (χ0n) is 38.0. The summed E-state index contributed by atoms with van der Waals surface area (Å²) >= 11 is 0. The lowest BCUT2D eigenvalue weighted by atomic mass is 9.35. The molecule has 13 aromatic rings. The Morgan fingerprint density at radius 3 is 1.04 bits per heavy atom. The van der Waals surface area contributed by atoms with Crippen molar-refractivity contribution in [2.75, 3.05) is 0 Å². The van der Waals surface area contributed by atoms with Gasteiger partial charge >= 0.3 is 0 Å². The van der Waals surface area contributed by atoms with Crippen LogP contribution in [0.4, 0.5) is 0 Å². The van der Waals surface area contributed by atoms with Gasteiger partial charge in [-0.2, -0.15) is 0 Å². The summed E-state index contributed by atoms with van der Waals surface area (Å²) in [5.74, 6) is 0. The van der Waals surface area contributed by atoms with Gasteiger partial charge in [-0.15, -0.1) is 0 Å². The van der Waals surface area contributed by atoms with E-state index >= 15 is 0 Å². The molecular formula is C66H38B2N2. The van der Waals surface area contributed by atoms with E-state index in [1.54, 1.807) is 0 Å². The molecule has 4 aliphatic heterocycles. The van der Waals surface area contributed by atoms with Gasteiger partial charge in [-0.3, -0.25) is 0 Å². The maximum absolute atomic E-state index is 2.69. The van der Waals surface area contributed by atoms with Crippen LogP contribution >= 0.6 is 0 Å². The lowest BCUT2D eigenvalue weighted by Crippen LogP contribution is -2.57. The van der Waals surface area contributed by atoms with Crippen LogP contribution in [0.5, 0.6) is 0 Å². The number of rotatable bonds is 4. The van der Waals surface area contributed by atoms with Crippen molar-refractivity contribution in [2.24, 2.45) is 0 Å². The predicted molar refractivity (Wildman–Crippen MR) is 297 cm³/mol. The summed E-state index contributed by atoms with van der Waals surface area (Å²) in [6.45, 7) is 0.142. The number of aromatic nitrogens is 2. The van der Waals surface area contributed by atoms with Gasteiger partial charge in [-0.05, 0) is 125 Å². The van der Waals surface area contributed by atoms with Crippen LogP contribution in [0, 0.1) is 0 Å². The second kappa shape index (κ2) is 13.4. The Labute approximate surface area is 405 Å². The van der Waals surface area contributed by atoms with Crippen molar-refractivity contribution in [3.05, 3.63) is 231 Å². The lowest BCUT2D eigenvalue weighted by molar-refractivity contribution is 1.16. The molecule has 70 heavy (non-hydrogen) atoms. The molecule has 2 aromatic heterocycles. The molecule has 2 nitrogen and oxygen atoms in total. The summed E-state index contributed by atoms with van der Waals surface area (Å²) in [6, 6.07) is 87.3. The van der Waals surface area contributed by atoms with E-state index in [2.05, 4.69) is 240 Å². The number of hydrogen-bond acceptors (Lipinski definition) is 0. The molecule has 4 heteroatoms. The molecule has 0 saturated heterocycles. The molecule has 0 amide bonds. The molecule has 0 fully saturated rings. The average molecular weight is 881 g/mol. The summed E-state index contributed by atoms with van der Waals surface area (Å²) in [4.78, 5) is 0. The minimum absolute atomic E-state index is 0.0708. The summed E-state index contributed by atoms with van der Waals surface area (Å²) in [5.41, 5.74) is 31.3. The fraction of sp³-hybridized carbons (Fsp3) is 0. The van der Waals surface area contributed by atoms with Crippen LogP contribution in [-0.4, -0.2) is 22.6 Å². The number of benzene rings is 11. The molecule has 0 aliphatic carbocycles. The van der Waals surface area contributed by atoms with Crippen LogP contribution < -0.4 is 32.8 Å². The molecule has 0 unspecified atom stereocenters. The smallest absolute Gasteiger partial charge is 0.248 e. The SMILES string of the molecule is c1ccc(-c2cc(-c3ccccc3)c3c4ccc5c6c4n(c3c2)-c2cc3c(cc2B6c2ccccc2-5)-n2c4cc(-c5ccccc5)cc(-c5ccccc5)c4c4ccc5c(c42)B3c2ccccc2-5)cc1. The molecule has 0 N–H and O–H groups in total.